The Morgan fingerprint density at radius 2 is 1.68 bits per heavy atom. The fourth-order valence-electron chi connectivity index (χ4n) is 4.68. The Kier molecular flexibility index (Phi) is 6.52. The molecule has 2 aromatic heterocycles. The van der Waals surface area contributed by atoms with Crippen LogP contribution >= 0.6 is 11.6 Å². The molecular formula is C27H28ClN5O. The molecule has 174 valence electrons. The summed E-state index contributed by atoms with van der Waals surface area (Å²) in [5, 5.41) is 4.48. The van der Waals surface area contributed by atoms with E-state index < -0.39 is 0 Å². The normalized spacial score (nSPS) is 14.5. The third-order valence-corrected chi connectivity index (χ3v) is 6.97. The van der Waals surface area contributed by atoms with Gasteiger partial charge >= 0.3 is 0 Å². The summed E-state index contributed by atoms with van der Waals surface area (Å²) in [7, 11) is 1.88. The lowest BCUT2D eigenvalue weighted by molar-refractivity contribution is 0.102. The average molecular weight is 474 g/mol. The summed E-state index contributed by atoms with van der Waals surface area (Å²) in [6, 6.07) is 20.0. The number of nitrogens with one attached hydrogen (secondary N) is 1. The summed E-state index contributed by atoms with van der Waals surface area (Å²) >= 11 is 6.60. The highest BCUT2D eigenvalue weighted by molar-refractivity contribution is 6.39. The van der Waals surface area contributed by atoms with E-state index in [1.54, 1.807) is 0 Å². The number of rotatable bonds is 6. The van der Waals surface area contributed by atoms with E-state index in [2.05, 4.69) is 38.3 Å². The van der Waals surface area contributed by atoms with Crippen LogP contribution in [0.5, 0.6) is 0 Å². The number of fused-ring (bicyclic) bond motifs is 1. The second-order valence-corrected chi connectivity index (χ2v) is 9.02. The molecule has 1 aliphatic rings. The largest absolute Gasteiger partial charge is 0.367 e. The number of piperazine rings is 1. The molecule has 3 heterocycles. The van der Waals surface area contributed by atoms with Crippen LogP contribution in [0.2, 0.25) is 5.02 Å². The van der Waals surface area contributed by atoms with Crippen molar-refractivity contribution in [1.82, 2.24) is 14.5 Å². The van der Waals surface area contributed by atoms with Crippen molar-refractivity contribution in [2.45, 2.75) is 6.42 Å². The van der Waals surface area contributed by atoms with E-state index in [1.807, 2.05) is 66.5 Å². The molecule has 1 fully saturated rings. The number of anilines is 2. The first-order chi connectivity index (χ1) is 16.6. The molecule has 4 aromatic rings. The molecule has 0 radical (unpaired) electrons. The lowest BCUT2D eigenvalue weighted by Gasteiger charge is -2.37. The van der Waals surface area contributed by atoms with Gasteiger partial charge in [-0.2, -0.15) is 0 Å². The molecule has 0 atom stereocenters. The summed E-state index contributed by atoms with van der Waals surface area (Å²) in [5.41, 5.74) is 4.57. The van der Waals surface area contributed by atoms with E-state index >= 15 is 0 Å². The van der Waals surface area contributed by atoms with Gasteiger partial charge in [-0.05, 0) is 42.3 Å². The number of para-hydroxylation sites is 3. The molecule has 1 aliphatic heterocycles. The highest BCUT2D eigenvalue weighted by Crippen LogP contribution is 2.32. The highest BCUT2D eigenvalue weighted by atomic mass is 35.5. The molecular weight excluding hydrogens is 446 g/mol. The minimum absolute atomic E-state index is 0.202. The van der Waals surface area contributed by atoms with Gasteiger partial charge in [-0.15, -0.1) is 0 Å². The molecule has 34 heavy (non-hydrogen) atoms. The maximum atomic E-state index is 13.3. The number of aromatic nitrogens is 2. The Balaban J connectivity index is 1.27. The SMILES string of the molecule is Cn1c(C(=O)Nc2ccccc2N2CCN(CCc3ccncc3)CC2)c(Cl)c2ccccc21. The monoisotopic (exact) mass is 473 g/mol. The Morgan fingerprint density at radius 3 is 2.44 bits per heavy atom. The number of aryl methyl sites for hydroxylation is 1. The van der Waals surface area contributed by atoms with E-state index in [-0.39, 0.29) is 5.91 Å². The van der Waals surface area contributed by atoms with Gasteiger partial charge in [0.05, 0.1) is 16.4 Å². The molecule has 0 unspecified atom stereocenters. The number of hydrogen-bond donors (Lipinski definition) is 1. The fourth-order valence-corrected chi connectivity index (χ4v) is 5.06. The number of carbonyl (C=O) groups excluding carboxylic acids is 1. The molecule has 0 spiro atoms. The van der Waals surface area contributed by atoms with Gasteiger partial charge in [0.15, 0.2) is 0 Å². The number of nitrogens with zero attached hydrogens (tertiary/aromatic N) is 4. The van der Waals surface area contributed by atoms with Gasteiger partial charge in [0.25, 0.3) is 5.91 Å². The zero-order chi connectivity index (χ0) is 23.5. The molecule has 0 saturated carbocycles. The smallest absolute Gasteiger partial charge is 0.273 e. The van der Waals surface area contributed by atoms with Crippen molar-refractivity contribution in [3.63, 3.8) is 0 Å². The van der Waals surface area contributed by atoms with Crippen LogP contribution in [0.15, 0.2) is 73.1 Å². The fraction of sp³-hybridized carbons (Fsp3) is 0.259. The number of amides is 1. The number of halogens is 1. The number of hydrogen-bond acceptors (Lipinski definition) is 4. The van der Waals surface area contributed by atoms with Gasteiger partial charge in [0.2, 0.25) is 0 Å². The van der Waals surface area contributed by atoms with Crippen molar-refractivity contribution in [1.29, 1.82) is 0 Å². The van der Waals surface area contributed by atoms with E-state index in [0.29, 0.717) is 10.7 Å². The van der Waals surface area contributed by atoms with Crippen LogP contribution < -0.4 is 10.2 Å². The van der Waals surface area contributed by atoms with E-state index in [4.69, 9.17) is 11.6 Å². The maximum Gasteiger partial charge on any atom is 0.273 e. The van der Waals surface area contributed by atoms with Crippen LogP contribution in [-0.2, 0) is 13.5 Å². The van der Waals surface area contributed by atoms with Crippen molar-refractivity contribution < 1.29 is 4.79 Å². The van der Waals surface area contributed by atoms with Gasteiger partial charge in [0, 0.05) is 63.1 Å². The van der Waals surface area contributed by atoms with Crippen LogP contribution in [0.4, 0.5) is 11.4 Å². The number of pyridine rings is 1. The van der Waals surface area contributed by atoms with E-state index in [0.717, 1.165) is 61.4 Å². The number of carbonyl (C=O) groups is 1. The minimum atomic E-state index is -0.202. The Bertz CT molecular complexity index is 1260. The predicted molar refractivity (Wildman–Crippen MR) is 139 cm³/mol. The van der Waals surface area contributed by atoms with Crippen molar-refractivity contribution in [2.24, 2.45) is 7.05 Å². The molecule has 6 nitrogen and oxygen atoms in total. The Morgan fingerprint density at radius 1 is 0.971 bits per heavy atom. The first-order valence-corrected chi connectivity index (χ1v) is 12.0. The van der Waals surface area contributed by atoms with Gasteiger partial charge < -0.3 is 14.8 Å². The van der Waals surface area contributed by atoms with Crippen LogP contribution in [0, 0.1) is 0 Å². The quantitative estimate of drug-likeness (QED) is 0.435. The van der Waals surface area contributed by atoms with Crippen molar-refractivity contribution in [3.8, 4) is 0 Å². The first-order valence-electron chi connectivity index (χ1n) is 11.6. The van der Waals surface area contributed by atoms with Gasteiger partial charge in [-0.25, -0.2) is 0 Å². The predicted octanol–water partition coefficient (Wildman–Crippen LogP) is 4.84. The summed E-state index contributed by atoms with van der Waals surface area (Å²) < 4.78 is 1.86. The molecule has 2 aromatic carbocycles. The van der Waals surface area contributed by atoms with E-state index in [9.17, 15) is 4.79 Å². The average Bonchev–Trinajstić information content (AvgIpc) is 3.14. The molecule has 5 rings (SSSR count). The standard InChI is InChI=1S/C27H28ClN5O/c1-31-23-8-4-2-6-21(23)25(28)26(31)27(34)30-22-7-3-5-9-24(22)33-18-16-32(17-19-33)15-12-20-10-13-29-14-11-20/h2-11,13-14H,12,15-19H2,1H3,(H,30,34). The topological polar surface area (TPSA) is 53.4 Å². The lowest BCUT2D eigenvalue weighted by atomic mass is 10.1. The third kappa shape index (κ3) is 4.52. The lowest BCUT2D eigenvalue weighted by Crippen LogP contribution is -2.47. The highest BCUT2D eigenvalue weighted by Gasteiger charge is 2.23. The second kappa shape index (κ2) is 9.87. The molecule has 0 aliphatic carbocycles. The zero-order valence-corrected chi connectivity index (χ0v) is 20.0. The van der Waals surface area contributed by atoms with Crippen molar-refractivity contribution >= 4 is 39.8 Å². The van der Waals surface area contributed by atoms with Crippen LogP contribution in [0.3, 0.4) is 0 Å². The number of benzene rings is 2. The van der Waals surface area contributed by atoms with Crippen LogP contribution in [0.1, 0.15) is 16.1 Å². The van der Waals surface area contributed by atoms with Crippen molar-refractivity contribution in [2.75, 3.05) is 42.9 Å². The Hall–Kier alpha value is -3.35. The summed E-state index contributed by atoms with van der Waals surface area (Å²) in [5.74, 6) is -0.202. The first kappa shape index (κ1) is 22.4. The minimum Gasteiger partial charge on any atom is -0.367 e. The van der Waals surface area contributed by atoms with Crippen LogP contribution in [-0.4, -0.2) is 53.1 Å². The second-order valence-electron chi connectivity index (χ2n) is 8.64. The molecule has 0 bridgehead atoms. The van der Waals surface area contributed by atoms with Gasteiger partial charge in [-0.1, -0.05) is 41.9 Å². The van der Waals surface area contributed by atoms with E-state index in [1.165, 1.54) is 5.56 Å². The molecule has 7 heteroatoms. The van der Waals surface area contributed by atoms with Crippen LogP contribution in [0.25, 0.3) is 10.9 Å². The zero-order valence-electron chi connectivity index (χ0n) is 19.2. The summed E-state index contributed by atoms with van der Waals surface area (Å²) in [6.07, 6.45) is 4.73. The van der Waals surface area contributed by atoms with Gasteiger partial charge in [0.1, 0.15) is 5.69 Å². The third-order valence-electron chi connectivity index (χ3n) is 6.59. The van der Waals surface area contributed by atoms with Crippen molar-refractivity contribution in [3.05, 3.63) is 89.3 Å². The summed E-state index contributed by atoms with van der Waals surface area (Å²) in [4.78, 5) is 22.2. The maximum absolute atomic E-state index is 13.3. The molecule has 1 saturated heterocycles. The van der Waals surface area contributed by atoms with Gasteiger partial charge in [-0.3, -0.25) is 14.7 Å². The Labute approximate surface area is 204 Å². The molecule has 1 amide bonds. The molecule has 1 N–H and O–H groups in total. The summed E-state index contributed by atoms with van der Waals surface area (Å²) in [6.45, 7) is 4.84.